The number of carbonyl (C=O) groups excluding carboxylic acids is 1. The Balaban J connectivity index is -0.000000605. The Kier molecular flexibility index (Phi) is 10.7. The van der Waals surface area contributed by atoms with Gasteiger partial charge in [0.1, 0.15) is 0 Å². The molecule has 4 heteroatoms. The number of allylic oxidation sites excluding steroid dienone is 1. The Morgan fingerprint density at radius 2 is 1.79 bits per heavy atom. The summed E-state index contributed by atoms with van der Waals surface area (Å²) in [6, 6.07) is 0. The van der Waals surface area contributed by atoms with Crippen LogP contribution in [0.15, 0.2) is 11.6 Å². The van der Waals surface area contributed by atoms with Crippen molar-refractivity contribution in [3.8, 4) is 0 Å². The maximum atomic E-state index is 11.0. The predicted octanol–water partition coefficient (Wildman–Crippen LogP) is -0.375. The molecule has 0 aromatic rings. The summed E-state index contributed by atoms with van der Waals surface area (Å²) in [5.74, 6) is -0.295. The van der Waals surface area contributed by atoms with Crippen molar-refractivity contribution in [3.05, 3.63) is 11.6 Å². The number of unbranched alkanes of at least 4 members (excludes halogenated alkanes) is 1. The lowest BCUT2D eigenvalue weighted by Crippen LogP contribution is -3.00. The number of primary amides is 1. The third kappa shape index (κ3) is 6.92. The van der Waals surface area contributed by atoms with Crippen LogP contribution in [0.1, 0.15) is 40.5 Å². The second kappa shape index (κ2) is 7.83. The van der Waals surface area contributed by atoms with Crippen LogP contribution in [0.25, 0.3) is 0 Å². The van der Waals surface area contributed by atoms with Crippen molar-refractivity contribution < 1.29 is 17.2 Å². The molecule has 0 atom stereocenters. The van der Waals surface area contributed by atoms with Gasteiger partial charge in [0.05, 0.1) is 0 Å². The van der Waals surface area contributed by atoms with Crippen molar-refractivity contribution in [2.45, 2.75) is 40.5 Å². The number of carbonyl (C=O) groups is 1. The molecule has 3 nitrogen and oxygen atoms in total. The Morgan fingerprint density at radius 1 is 1.36 bits per heavy atom. The molecule has 0 spiro atoms. The molecule has 0 aliphatic carbocycles. The van der Waals surface area contributed by atoms with Gasteiger partial charge in [-0.1, -0.05) is 40.2 Å². The minimum Gasteiger partial charge on any atom is -1.00 e. The molecule has 0 aliphatic rings. The summed E-state index contributed by atoms with van der Waals surface area (Å²) >= 11 is 0. The van der Waals surface area contributed by atoms with E-state index in [1.807, 2.05) is 26.8 Å². The summed E-state index contributed by atoms with van der Waals surface area (Å²) in [6.45, 7) is 8.08. The van der Waals surface area contributed by atoms with Gasteiger partial charge < -0.3 is 24.3 Å². The number of rotatable bonds is 3. The van der Waals surface area contributed by atoms with Gasteiger partial charge in [0.25, 0.3) is 0 Å². The molecule has 6 N–H and O–H groups in total. The van der Waals surface area contributed by atoms with Gasteiger partial charge in [0.15, 0.2) is 0 Å². The Labute approximate surface area is 93.1 Å². The fourth-order valence-electron chi connectivity index (χ4n) is 1.07. The van der Waals surface area contributed by atoms with E-state index in [-0.39, 0.29) is 29.9 Å². The van der Waals surface area contributed by atoms with Gasteiger partial charge in [-0.05, 0) is 11.8 Å². The van der Waals surface area contributed by atoms with Crippen LogP contribution in [0.2, 0.25) is 0 Å². The second-order valence-electron chi connectivity index (χ2n) is 4.02. The average molecular weight is 223 g/mol. The Hall–Kier alpha value is -0.540. The molecule has 0 saturated heterocycles. The zero-order valence-electron chi connectivity index (χ0n) is 9.86. The molecular formula is C10H23ClN2O. The lowest BCUT2D eigenvalue weighted by Gasteiger charge is -2.20. The maximum absolute atomic E-state index is 11.0. The van der Waals surface area contributed by atoms with Crippen molar-refractivity contribution in [2.75, 3.05) is 0 Å². The number of hydrogen-bond acceptors (Lipinski definition) is 1. The van der Waals surface area contributed by atoms with Crippen molar-refractivity contribution >= 4 is 5.91 Å². The minimum atomic E-state index is -0.295. The highest BCUT2D eigenvalue weighted by atomic mass is 35.5. The van der Waals surface area contributed by atoms with Crippen molar-refractivity contribution in [2.24, 2.45) is 11.1 Å². The van der Waals surface area contributed by atoms with E-state index < -0.39 is 0 Å². The average Bonchev–Trinajstić information content (AvgIpc) is 1.84. The SMILES string of the molecule is CCCC=C(C(N)=O)C(C)(C)C.[Cl-].[NH4+]. The molecule has 0 aromatic heterocycles. The first kappa shape index (κ1) is 19.1. The first-order valence-electron chi connectivity index (χ1n) is 4.40. The molecule has 14 heavy (non-hydrogen) atoms. The first-order valence-corrected chi connectivity index (χ1v) is 4.40. The molecule has 0 radical (unpaired) electrons. The van der Waals surface area contributed by atoms with E-state index in [0.717, 1.165) is 18.4 Å². The van der Waals surface area contributed by atoms with Crippen molar-refractivity contribution in [3.63, 3.8) is 0 Å². The fourth-order valence-corrected chi connectivity index (χ4v) is 1.07. The quantitative estimate of drug-likeness (QED) is 0.628. The molecule has 0 aliphatic heterocycles. The third-order valence-corrected chi connectivity index (χ3v) is 1.71. The van der Waals surface area contributed by atoms with Crippen molar-refractivity contribution in [1.29, 1.82) is 0 Å². The Morgan fingerprint density at radius 3 is 2.00 bits per heavy atom. The number of nitrogens with two attached hydrogens (primary N) is 1. The summed E-state index contributed by atoms with van der Waals surface area (Å²) in [7, 11) is 0. The standard InChI is InChI=1S/C10H19NO.ClH.H3N/c1-5-6-7-8(9(11)12)10(2,3)4;;/h7H,5-6H2,1-4H3,(H2,11,12);1H;1H3. The zero-order valence-corrected chi connectivity index (χ0v) is 10.6. The van der Waals surface area contributed by atoms with Crippen LogP contribution in [0, 0.1) is 5.41 Å². The zero-order chi connectivity index (χ0) is 9.78. The van der Waals surface area contributed by atoms with E-state index in [1.165, 1.54) is 0 Å². The third-order valence-electron chi connectivity index (χ3n) is 1.71. The van der Waals surface area contributed by atoms with Gasteiger partial charge >= 0.3 is 0 Å². The maximum Gasteiger partial charge on any atom is 0.244 e. The van der Waals surface area contributed by atoms with Gasteiger partial charge in [-0.25, -0.2) is 0 Å². The first-order chi connectivity index (χ1) is 5.39. The van der Waals surface area contributed by atoms with Gasteiger partial charge in [-0.15, -0.1) is 0 Å². The summed E-state index contributed by atoms with van der Waals surface area (Å²) in [6.07, 6.45) is 3.92. The van der Waals surface area contributed by atoms with E-state index in [4.69, 9.17) is 5.73 Å². The molecule has 0 unspecified atom stereocenters. The molecule has 0 aromatic carbocycles. The molecule has 0 heterocycles. The van der Waals surface area contributed by atoms with E-state index >= 15 is 0 Å². The molecular weight excluding hydrogens is 200 g/mol. The topological polar surface area (TPSA) is 79.6 Å². The van der Waals surface area contributed by atoms with Crippen molar-refractivity contribution in [1.82, 2.24) is 6.15 Å². The number of halogens is 1. The van der Waals surface area contributed by atoms with Gasteiger partial charge in [-0.2, -0.15) is 0 Å². The molecule has 86 valence electrons. The summed E-state index contributed by atoms with van der Waals surface area (Å²) in [4.78, 5) is 11.0. The normalized spacial score (nSPS) is 11.3. The van der Waals surface area contributed by atoms with E-state index in [0.29, 0.717) is 0 Å². The minimum absolute atomic E-state index is 0. The smallest absolute Gasteiger partial charge is 0.244 e. The molecule has 0 bridgehead atoms. The summed E-state index contributed by atoms with van der Waals surface area (Å²) in [5.41, 5.74) is 5.87. The highest BCUT2D eigenvalue weighted by Gasteiger charge is 2.20. The van der Waals surface area contributed by atoms with Crippen LogP contribution < -0.4 is 24.3 Å². The van der Waals surface area contributed by atoms with Crippen LogP contribution >= 0.6 is 0 Å². The molecule has 0 fully saturated rings. The number of hydrogen-bond donors (Lipinski definition) is 2. The van der Waals surface area contributed by atoms with E-state index in [1.54, 1.807) is 0 Å². The van der Waals surface area contributed by atoms with Crippen LogP contribution in [-0.2, 0) is 4.79 Å². The number of quaternary nitrogens is 1. The lowest BCUT2D eigenvalue weighted by atomic mass is 9.85. The highest BCUT2D eigenvalue weighted by molar-refractivity contribution is 5.93. The van der Waals surface area contributed by atoms with Crippen LogP contribution in [-0.4, -0.2) is 5.91 Å². The van der Waals surface area contributed by atoms with Gasteiger partial charge in [0, 0.05) is 5.57 Å². The van der Waals surface area contributed by atoms with E-state index in [9.17, 15) is 4.79 Å². The largest absolute Gasteiger partial charge is 1.00 e. The van der Waals surface area contributed by atoms with Crippen LogP contribution in [0.5, 0.6) is 0 Å². The lowest BCUT2D eigenvalue weighted by molar-refractivity contribution is -0.115. The molecule has 1 amide bonds. The number of amides is 1. The van der Waals surface area contributed by atoms with Crippen LogP contribution in [0.4, 0.5) is 0 Å². The van der Waals surface area contributed by atoms with Gasteiger partial charge in [0.2, 0.25) is 5.91 Å². The van der Waals surface area contributed by atoms with Gasteiger partial charge in [-0.3, -0.25) is 4.79 Å². The predicted molar refractivity (Wildman–Crippen MR) is 57.6 cm³/mol. The van der Waals surface area contributed by atoms with E-state index in [2.05, 4.69) is 6.92 Å². The summed E-state index contributed by atoms with van der Waals surface area (Å²) in [5, 5.41) is 0. The second-order valence-corrected chi connectivity index (χ2v) is 4.02. The monoisotopic (exact) mass is 222 g/mol. The molecule has 0 saturated carbocycles. The molecule has 0 rings (SSSR count). The Bertz CT molecular complexity index is 195. The highest BCUT2D eigenvalue weighted by Crippen LogP contribution is 2.25. The summed E-state index contributed by atoms with van der Waals surface area (Å²) < 4.78 is 0. The van der Waals surface area contributed by atoms with Crippen LogP contribution in [0.3, 0.4) is 0 Å². The fraction of sp³-hybridized carbons (Fsp3) is 0.700.